The van der Waals surface area contributed by atoms with Gasteiger partial charge in [0.1, 0.15) is 16.6 Å². The second-order valence-electron chi connectivity index (χ2n) is 4.31. The highest BCUT2D eigenvalue weighted by Crippen LogP contribution is 2.29. The molecule has 0 aliphatic rings. The van der Waals surface area contributed by atoms with Gasteiger partial charge < -0.3 is 4.42 Å². The summed E-state index contributed by atoms with van der Waals surface area (Å²) in [4.78, 5) is 4.27. The first-order valence-electron chi connectivity index (χ1n) is 5.65. The fourth-order valence-corrected chi connectivity index (χ4v) is 2.34. The molecule has 5 heteroatoms. The van der Waals surface area contributed by atoms with Gasteiger partial charge in [0.2, 0.25) is 5.71 Å². The zero-order chi connectivity index (χ0) is 12.9. The number of nitrogens with zero attached hydrogens (tertiary/aromatic N) is 3. The van der Waals surface area contributed by atoms with Gasteiger partial charge in [0.05, 0.1) is 5.69 Å². The van der Waals surface area contributed by atoms with E-state index in [1.165, 1.54) is 0 Å². The lowest BCUT2D eigenvalue weighted by atomic mass is 10.1. The second-order valence-corrected chi connectivity index (χ2v) is 4.70. The summed E-state index contributed by atoms with van der Waals surface area (Å²) in [6.45, 7) is 5.79. The number of aryl methyl sites for hydroxylation is 3. The molecule has 0 spiro atoms. The summed E-state index contributed by atoms with van der Waals surface area (Å²) in [7, 11) is 0. The molecule has 0 amide bonds. The number of hydrogen-bond donors (Lipinski definition) is 0. The van der Waals surface area contributed by atoms with E-state index in [0.717, 1.165) is 34.1 Å². The molecule has 3 aromatic rings. The molecule has 0 aliphatic heterocycles. The summed E-state index contributed by atoms with van der Waals surface area (Å²) < 4.78 is 7.51. The third-order valence-electron chi connectivity index (χ3n) is 2.91. The van der Waals surface area contributed by atoms with Crippen LogP contribution in [-0.2, 0) is 0 Å². The van der Waals surface area contributed by atoms with Crippen LogP contribution in [0, 0.1) is 20.8 Å². The van der Waals surface area contributed by atoms with Crippen LogP contribution in [-0.4, -0.2) is 14.6 Å². The average molecular weight is 262 g/mol. The van der Waals surface area contributed by atoms with Crippen LogP contribution in [0.3, 0.4) is 0 Å². The molecule has 0 bridgehead atoms. The molecule has 0 fully saturated rings. The Bertz CT molecular complexity index is 742. The van der Waals surface area contributed by atoms with Crippen LogP contribution in [0.15, 0.2) is 22.6 Å². The van der Waals surface area contributed by atoms with Crippen molar-refractivity contribution in [2.75, 3.05) is 0 Å². The Morgan fingerprint density at radius 1 is 1.22 bits per heavy atom. The molecule has 0 aromatic carbocycles. The van der Waals surface area contributed by atoms with Gasteiger partial charge in [-0.3, -0.25) is 0 Å². The molecule has 0 atom stereocenters. The number of hydrogen-bond acceptors (Lipinski definition) is 3. The first kappa shape index (κ1) is 11.3. The Kier molecular flexibility index (Phi) is 2.41. The van der Waals surface area contributed by atoms with E-state index in [4.69, 9.17) is 16.0 Å². The fraction of sp³-hybridized carbons (Fsp3) is 0.231. The molecule has 0 radical (unpaired) electrons. The fourth-order valence-electron chi connectivity index (χ4n) is 2.15. The standard InChI is InChI=1S/C13H12ClN3O/c1-7-6-12-17(16-7)13(9(3)18-12)10-4-5-11(14)15-8(10)2/h4-6H,1-3H3. The van der Waals surface area contributed by atoms with E-state index in [1.54, 1.807) is 6.07 Å². The highest BCUT2D eigenvalue weighted by atomic mass is 35.5. The Hall–Kier alpha value is -1.81. The molecule has 3 aromatic heterocycles. The van der Waals surface area contributed by atoms with Gasteiger partial charge in [0.25, 0.3) is 0 Å². The third-order valence-corrected chi connectivity index (χ3v) is 3.12. The van der Waals surface area contributed by atoms with Gasteiger partial charge >= 0.3 is 0 Å². The zero-order valence-electron chi connectivity index (χ0n) is 10.4. The van der Waals surface area contributed by atoms with Crippen LogP contribution in [0.25, 0.3) is 17.0 Å². The minimum atomic E-state index is 0.491. The monoisotopic (exact) mass is 261 g/mol. The maximum Gasteiger partial charge on any atom is 0.222 e. The Morgan fingerprint density at radius 2 is 2.00 bits per heavy atom. The normalized spacial score (nSPS) is 11.3. The molecule has 0 N–H and O–H groups in total. The van der Waals surface area contributed by atoms with Crippen molar-refractivity contribution in [2.45, 2.75) is 20.8 Å². The van der Waals surface area contributed by atoms with E-state index in [1.807, 2.05) is 37.4 Å². The molecule has 0 saturated carbocycles. The van der Waals surface area contributed by atoms with E-state index >= 15 is 0 Å². The summed E-state index contributed by atoms with van der Waals surface area (Å²) >= 11 is 5.88. The Balaban J connectivity index is 2.33. The average Bonchev–Trinajstić information content (AvgIpc) is 2.75. The molecule has 3 rings (SSSR count). The van der Waals surface area contributed by atoms with Crippen molar-refractivity contribution in [3.8, 4) is 11.3 Å². The minimum Gasteiger partial charge on any atom is -0.441 e. The molecule has 0 unspecified atom stereocenters. The second kappa shape index (κ2) is 3.85. The molecule has 0 saturated heterocycles. The number of aromatic nitrogens is 3. The molecular weight excluding hydrogens is 250 g/mol. The molecule has 18 heavy (non-hydrogen) atoms. The molecule has 3 heterocycles. The van der Waals surface area contributed by atoms with Crippen LogP contribution in [0.4, 0.5) is 0 Å². The van der Waals surface area contributed by atoms with E-state index in [9.17, 15) is 0 Å². The van der Waals surface area contributed by atoms with Crippen LogP contribution < -0.4 is 0 Å². The maximum atomic E-state index is 5.88. The Morgan fingerprint density at radius 3 is 2.72 bits per heavy atom. The summed E-state index contributed by atoms with van der Waals surface area (Å²) in [6.07, 6.45) is 0. The lowest BCUT2D eigenvalue weighted by molar-refractivity contribution is 0.573. The van der Waals surface area contributed by atoms with Gasteiger partial charge in [-0.15, -0.1) is 0 Å². The van der Waals surface area contributed by atoms with Gasteiger partial charge in [-0.05, 0) is 32.9 Å². The molecule has 92 valence electrons. The predicted molar refractivity (Wildman–Crippen MR) is 69.9 cm³/mol. The van der Waals surface area contributed by atoms with Crippen molar-refractivity contribution in [3.63, 3.8) is 0 Å². The van der Waals surface area contributed by atoms with Crippen LogP contribution in [0.2, 0.25) is 5.15 Å². The molecular formula is C13H12ClN3O. The van der Waals surface area contributed by atoms with Crippen molar-refractivity contribution in [2.24, 2.45) is 0 Å². The van der Waals surface area contributed by atoms with E-state index in [0.29, 0.717) is 5.15 Å². The van der Waals surface area contributed by atoms with Gasteiger partial charge in [-0.1, -0.05) is 11.6 Å². The number of pyridine rings is 1. The number of rotatable bonds is 1. The number of oxazole rings is 1. The predicted octanol–water partition coefficient (Wildman–Crippen LogP) is 3.57. The zero-order valence-corrected chi connectivity index (χ0v) is 11.1. The first-order chi connectivity index (χ1) is 8.56. The van der Waals surface area contributed by atoms with Crippen molar-refractivity contribution in [3.05, 3.63) is 40.5 Å². The van der Waals surface area contributed by atoms with Crippen molar-refractivity contribution in [1.29, 1.82) is 0 Å². The van der Waals surface area contributed by atoms with E-state index in [-0.39, 0.29) is 0 Å². The SMILES string of the molecule is Cc1cc2oc(C)c(-c3ccc(Cl)nc3C)n2n1. The first-order valence-corrected chi connectivity index (χ1v) is 6.03. The summed E-state index contributed by atoms with van der Waals surface area (Å²) in [5, 5.41) is 4.93. The van der Waals surface area contributed by atoms with Gasteiger partial charge in [0.15, 0.2) is 0 Å². The third kappa shape index (κ3) is 1.61. The van der Waals surface area contributed by atoms with E-state index in [2.05, 4.69) is 10.1 Å². The smallest absolute Gasteiger partial charge is 0.222 e. The van der Waals surface area contributed by atoms with Gasteiger partial charge in [-0.25, -0.2) is 4.98 Å². The highest BCUT2D eigenvalue weighted by molar-refractivity contribution is 6.29. The van der Waals surface area contributed by atoms with Crippen molar-refractivity contribution in [1.82, 2.24) is 14.6 Å². The highest BCUT2D eigenvalue weighted by Gasteiger charge is 2.17. The van der Waals surface area contributed by atoms with E-state index < -0.39 is 0 Å². The maximum absolute atomic E-state index is 5.88. The lowest BCUT2D eigenvalue weighted by Gasteiger charge is -2.04. The summed E-state index contributed by atoms with van der Waals surface area (Å²) in [5.41, 5.74) is 4.45. The number of halogens is 1. The van der Waals surface area contributed by atoms with Crippen molar-refractivity contribution >= 4 is 17.3 Å². The number of fused-ring (bicyclic) bond motifs is 1. The largest absolute Gasteiger partial charge is 0.441 e. The summed E-state index contributed by atoms with van der Waals surface area (Å²) in [6, 6.07) is 5.63. The van der Waals surface area contributed by atoms with Crippen molar-refractivity contribution < 1.29 is 4.42 Å². The molecule has 0 aliphatic carbocycles. The molecule has 4 nitrogen and oxygen atoms in total. The van der Waals surface area contributed by atoms with Gasteiger partial charge in [-0.2, -0.15) is 9.61 Å². The van der Waals surface area contributed by atoms with Crippen LogP contribution >= 0.6 is 11.6 Å². The Labute approximate surface area is 109 Å². The lowest BCUT2D eigenvalue weighted by Crippen LogP contribution is -1.95. The quantitative estimate of drug-likeness (QED) is 0.629. The topological polar surface area (TPSA) is 43.3 Å². The van der Waals surface area contributed by atoms with Gasteiger partial charge in [0, 0.05) is 17.3 Å². The summed E-state index contributed by atoms with van der Waals surface area (Å²) in [5.74, 6) is 0.824. The minimum absolute atomic E-state index is 0.491. The van der Waals surface area contributed by atoms with Crippen LogP contribution in [0.5, 0.6) is 0 Å². The van der Waals surface area contributed by atoms with Crippen LogP contribution in [0.1, 0.15) is 17.1 Å².